The Hall–Kier alpha value is -4.98. The number of carbonyl (C=O) groups excluding carboxylic acids is 2. The average Bonchev–Trinajstić information content (AvgIpc) is 3.63. The van der Waals surface area contributed by atoms with Crippen molar-refractivity contribution >= 4 is 69.5 Å². The quantitative estimate of drug-likeness (QED) is 0.200. The maximum Gasteiger partial charge on any atom is 0.293 e. The number of aromatic nitrogens is 4. The molecule has 2 aliphatic rings. The first-order chi connectivity index (χ1) is 20.3. The second-order valence-corrected chi connectivity index (χ2v) is 10.4. The Labute approximate surface area is 244 Å². The van der Waals surface area contributed by atoms with E-state index in [4.69, 9.17) is 19.4 Å². The third-order valence-corrected chi connectivity index (χ3v) is 8.12. The fourth-order valence-corrected chi connectivity index (χ4v) is 5.72. The summed E-state index contributed by atoms with van der Waals surface area (Å²) in [4.78, 5) is 39.0. The lowest BCUT2D eigenvalue weighted by Gasteiger charge is -2.06. The summed E-state index contributed by atoms with van der Waals surface area (Å²) in [7, 11) is 0. The fourth-order valence-electron chi connectivity index (χ4n) is 5.72. The summed E-state index contributed by atoms with van der Waals surface area (Å²) < 4.78 is 10.1. The normalized spacial score (nSPS) is 12.9. The number of ether oxygens (including phenoxy) is 2. The van der Waals surface area contributed by atoms with E-state index in [2.05, 4.69) is 43.0 Å². The van der Waals surface area contributed by atoms with Crippen LogP contribution in [0.1, 0.15) is 71.7 Å². The van der Waals surface area contributed by atoms with Gasteiger partial charge in [-0.15, -0.1) is 0 Å². The SMILES string of the molecule is C=Cc1c(C)c2cc3[nH]c(cc4nc(cc5nc(cc1[nH]2)C(C)=C5CCOC=O)C(CCOC=O)=C4C)c(C)c3C=C. The topological polar surface area (TPSA) is 110 Å². The van der Waals surface area contributed by atoms with E-state index in [0.717, 1.165) is 89.4 Å². The van der Waals surface area contributed by atoms with Crippen molar-refractivity contribution in [1.29, 1.82) is 0 Å². The zero-order valence-electron chi connectivity index (χ0n) is 24.4. The van der Waals surface area contributed by atoms with E-state index >= 15 is 0 Å². The Kier molecular flexibility index (Phi) is 8.06. The van der Waals surface area contributed by atoms with Crippen LogP contribution in [-0.4, -0.2) is 46.1 Å². The van der Waals surface area contributed by atoms with Crippen LogP contribution >= 0.6 is 0 Å². The lowest BCUT2D eigenvalue weighted by atomic mass is 10.0. The number of H-pyrrole nitrogens is 2. The summed E-state index contributed by atoms with van der Waals surface area (Å²) in [6.45, 7) is 17.7. The molecule has 0 aromatic carbocycles. The Morgan fingerprint density at radius 1 is 0.643 bits per heavy atom. The van der Waals surface area contributed by atoms with E-state index in [-0.39, 0.29) is 13.2 Å². The van der Waals surface area contributed by atoms with Gasteiger partial charge in [-0.25, -0.2) is 9.97 Å². The van der Waals surface area contributed by atoms with Crippen molar-refractivity contribution in [2.75, 3.05) is 13.2 Å². The van der Waals surface area contributed by atoms with Gasteiger partial charge in [-0.05, 0) is 85.4 Å². The minimum absolute atomic E-state index is 0.237. The Bertz CT molecular complexity index is 1850. The molecule has 0 radical (unpaired) electrons. The number of hydrogen-bond acceptors (Lipinski definition) is 6. The summed E-state index contributed by atoms with van der Waals surface area (Å²) in [5.74, 6) is 0. The standard InChI is InChI=1S/C34H34N4O4/c1-7-23-19(3)27-13-28-21(5)25(9-11-41-17-39)33(37-28)16-34-26(10-12-42-18-40)22(6)30(38-34)15-32-24(8-2)20(4)29(36-32)14-31(23)35-27/h7-8,13-18,35-36H,1-2,9-12H2,3-6H3. The average molecular weight is 563 g/mol. The molecule has 0 saturated heterocycles. The highest BCUT2D eigenvalue weighted by Gasteiger charge is 2.22. The summed E-state index contributed by atoms with van der Waals surface area (Å²) in [6.07, 6.45) is 4.73. The van der Waals surface area contributed by atoms with Crippen molar-refractivity contribution in [2.45, 2.75) is 40.5 Å². The van der Waals surface area contributed by atoms with Crippen molar-refractivity contribution in [1.82, 2.24) is 19.9 Å². The van der Waals surface area contributed by atoms with Crippen LogP contribution in [0.5, 0.6) is 0 Å². The van der Waals surface area contributed by atoms with Gasteiger partial charge < -0.3 is 19.4 Å². The smallest absolute Gasteiger partial charge is 0.293 e. The van der Waals surface area contributed by atoms with Gasteiger partial charge in [0.2, 0.25) is 0 Å². The van der Waals surface area contributed by atoms with E-state index < -0.39 is 0 Å². The molecule has 0 saturated carbocycles. The van der Waals surface area contributed by atoms with E-state index in [9.17, 15) is 9.59 Å². The molecule has 0 fully saturated rings. The van der Waals surface area contributed by atoms with Crippen LogP contribution in [-0.2, 0) is 19.1 Å². The summed E-state index contributed by atoms with van der Waals surface area (Å²) in [5, 5.41) is 0. The fraction of sp³-hybridized carbons (Fsp3) is 0.235. The predicted molar refractivity (Wildman–Crippen MR) is 169 cm³/mol. The van der Waals surface area contributed by atoms with Gasteiger partial charge in [-0.3, -0.25) is 9.59 Å². The number of fused-ring (bicyclic) bond motifs is 8. The van der Waals surface area contributed by atoms with Gasteiger partial charge >= 0.3 is 0 Å². The number of aryl methyl sites for hydroxylation is 2. The summed E-state index contributed by atoms with van der Waals surface area (Å²) in [5.41, 5.74) is 14.9. The molecule has 214 valence electrons. The Morgan fingerprint density at radius 2 is 1.07 bits per heavy atom. The van der Waals surface area contributed by atoms with E-state index in [0.29, 0.717) is 25.8 Å². The molecule has 42 heavy (non-hydrogen) atoms. The lowest BCUT2D eigenvalue weighted by Crippen LogP contribution is -1.96. The molecule has 5 rings (SSSR count). The van der Waals surface area contributed by atoms with Gasteiger partial charge in [-0.1, -0.05) is 25.3 Å². The van der Waals surface area contributed by atoms with Crippen molar-refractivity contribution in [2.24, 2.45) is 0 Å². The Balaban J connectivity index is 1.90. The molecule has 0 amide bonds. The molecular formula is C34H34N4O4. The maximum atomic E-state index is 10.9. The highest BCUT2D eigenvalue weighted by molar-refractivity contribution is 5.96. The second-order valence-electron chi connectivity index (χ2n) is 10.4. The number of hydrogen-bond donors (Lipinski definition) is 2. The van der Waals surface area contributed by atoms with Crippen LogP contribution < -0.4 is 0 Å². The number of nitrogens with one attached hydrogen (secondary N) is 2. The lowest BCUT2D eigenvalue weighted by molar-refractivity contribution is -0.129. The minimum Gasteiger partial charge on any atom is -0.468 e. The van der Waals surface area contributed by atoms with Gasteiger partial charge in [0.1, 0.15) is 0 Å². The van der Waals surface area contributed by atoms with Crippen LogP contribution in [0.15, 0.2) is 37.4 Å². The van der Waals surface area contributed by atoms with E-state index in [1.54, 1.807) is 0 Å². The van der Waals surface area contributed by atoms with Crippen molar-refractivity contribution in [3.05, 3.63) is 82.5 Å². The van der Waals surface area contributed by atoms with Gasteiger partial charge in [0.05, 0.1) is 36.0 Å². The van der Waals surface area contributed by atoms with Crippen LogP contribution in [0, 0.1) is 13.8 Å². The van der Waals surface area contributed by atoms with Crippen LogP contribution in [0.3, 0.4) is 0 Å². The van der Waals surface area contributed by atoms with Crippen LogP contribution in [0.25, 0.3) is 56.5 Å². The molecule has 8 bridgehead atoms. The van der Waals surface area contributed by atoms with Gasteiger partial charge in [0.15, 0.2) is 0 Å². The molecule has 3 aromatic rings. The van der Waals surface area contributed by atoms with Gasteiger partial charge in [0, 0.05) is 46.0 Å². The van der Waals surface area contributed by atoms with Crippen molar-refractivity contribution < 1.29 is 19.1 Å². The number of nitrogens with zero attached hydrogens (tertiary/aromatic N) is 2. The van der Waals surface area contributed by atoms with Gasteiger partial charge in [0.25, 0.3) is 12.9 Å². The maximum absolute atomic E-state index is 10.9. The van der Waals surface area contributed by atoms with E-state index in [1.807, 2.05) is 44.2 Å². The predicted octanol–water partition coefficient (Wildman–Crippen LogP) is 7.21. The molecule has 3 aromatic heterocycles. The summed E-state index contributed by atoms with van der Waals surface area (Å²) in [6, 6.07) is 8.15. The Morgan fingerprint density at radius 3 is 1.52 bits per heavy atom. The molecule has 0 spiro atoms. The third kappa shape index (κ3) is 5.11. The zero-order valence-corrected chi connectivity index (χ0v) is 24.4. The summed E-state index contributed by atoms with van der Waals surface area (Å²) >= 11 is 0. The molecule has 2 N–H and O–H groups in total. The van der Waals surface area contributed by atoms with Crippen LogP contribution in [0.2, 0.25) is 0 Å². The van der Waals surface area contributed by atoms with Crippen molar-refractivity contribution in [3.8, 4) is 0 Å². The van der Waals surface area contributed by atoms with Crippen molar-refractivity contribution in [3.63, 3.8) is 0 Å². The number of rotatable bonds is 10. The van der Waals surface area contributed by atoms with Gasteiger partial charge in [-0.2, -0.15) is 0 Å². The third-order valence-electron chi connectivity index (χ3n) is 8.12. The molecule has 8 nitrogen and oxygen atoms in total. The molecule has 2 aliphatic heterocycles. The first kappa shape index (κ1) is 28.5. The molecular weight excluding hydrogens is 528 g/mol. The molecule has 0 unspecified atom stereocenters. The highest BCUT2D eigenvalue weighted by Crippen LogP contribution is 2.37. The number of allylic oxidation sites excluding steroid dienone is 2. The largest absolute Gasteiger partial charge is 0.468 e. The first-order valence-electron chi connectivity index (χ1n) is 13.8. The zero-order chi connectivity index (χ0) is 30.0. The van der Waals surface area contributed by atoms with E-state index in [1.165, 1.54) is 0 Å². The number of carbonyl (C=O) groups is 2. The first-order valence-corrected chi connectivity index (χ1v) is 13.8. The van der Waals surface area contributed by atoms with Crippen LogP contribution in [0.4, 0.5) is 0 Å². The second kappa shape index (κ2) is 11.9. The number of aromatic amines is 2. The highest BCUT2D eigenvalue weighted by atomic mass is 16.5. The molecule has 0 aliphatic carbocycles. The molecule has 5 heterocycles. The molecule has 0 atom stereocenters. The minimum atomic E-state index is 0.237. The monoisotopic (exact) mass is 562 g/mol. The molecule has 8 heteroatoms.